The molecule has 0 aromatic carbocycles. The van der Waals surface area contributed by atoms with Gasteiger partial charge in [0.15, 0.2) is 5.56 Å². The first-order valence-corrected chi connectivity index (χ1v) is 2.92. The Balaban J connectivity index is 3.19. The Labute approximate surface area is 65.5 Å². The predicted molar refractivity (Wildman–Crippen MR) is 34.6 cm³/mol. The molecule has 1 aromatic heterocycles. The zero-order valence-electron chi connectivity index (χ0n) is 6.07. The van der Waals surface area contributed by atoms with Crippen LogP contribution in [0.4, 0.5) is 19.0 Å². The van der Waals surface area contributed by atoms with Crippen LogP contribution in [-0.2, 0) is 6.18 Å². The van der Waals surface area contributed by atoms with Crippen LogP contribution in [-0.4, -0.2) is 17.3 Å². The van der Waals surface area contributed by atoms with Gasteiger partial charge in [0.05, 0.1) is 7.11 Å². The van der Waals surface area contributed by atoms with Crippen LogP contribution in [0.15, 0.2) is 0 Å². The van der Waals surface area contributed by atoms with E-state index >= 15 is 0 Å². The zero-order valence-corrected chi connectivity index (χ0v) is 6.07. The van der Waals surface area contributed by atoms with Gasteiger partial charge in [0.2, 0.25) is 5.88 Å². The number of rotatable bonds is 1. The number of methoxy groups -OCH3 is 1. The molecular formula is C5H6F3N3O. The maximum Gasteiger partial charge on any atom is 0.425 e. The average Bonchev–Trinajstić information content (AvgIpc) is 2.29. The van der Waals surface area contributed by atoms with Crippen molar-refractivity contribution in [3.05, 3.63) is 5.56 Å². The second kappa shape index (κ2) is 2.58. The van der Waals surface area contributed by atoms with Crippen molar-refractivity contribution >= 4 is 5.82 Å². The summed E-state index contributed by atoms with van der Waals surface area (Å²) in [5, 5.41) is 5.19. The quantitative estimate of drug-likeness (QED) is 0.679. The molecule has 12 heavy (non-hydrogen) atoms. The molecule has 3 N–H and O–H groups in total. The van der Waals surface area contributed by atoms with Crippen LogP contribution in [0.3, 0.4) is 0 Å². The molecule has 1 rings (SSSR count). The fourth-order valence-corrected chi connectivity index (χ4v) is 0.760. The number of hydrogen-bond donors (Lipinski definition) is 2. The van der Waals surface area contributed by atoms with Crippen LogP contribution in [0.1, 0.15) is 5.56 Å². The van der Waals surface area contributed by atoms with Crippen molar-refractivity contribution in [3.63, 3.8) is 0 Å². The second-order valence-corrected chi connectivity index (χ2v) is 2.02. The number of halogens is 3. The molecule has 0 radical (unpaired) electrons. The van der Waals surface area contributed by atoms with E-state index in [-0.39, 0.29) is 0 Å². The molecule has 0 fully saturated rings. The number of nitrogen functional groups attached to an aromatic ring is 1. The average molecular weight is 181 g/mol. The summed E-state index contributed by atoms with van der Waals surface area (Å²) >= 11 is 0. The van der Waals surface area contributed by atoms with Crippen LogP contribution < -0.4 is 10.5 Å². The Hall–Kier alpha value is -1.40. The maximum absolute atomic E-state index is 12.1. The third-order valence-electron chi connectivity index (χ3n) is 1.24. The molecule has 0 bridgehead atoms. The first-order chi connectivity index (χ1) is 5.46. The number of aromatic nitrogens is 2. The molecule has 1 aromatic rings. The molecule has 0 aliphatic carbocycles. The van der Waals surface area contributed by atoms with Crippen LogP contribution in [0.2, 0.25) is 0 Å². The van der Waals surface area contributed by atoms with E-state index in [1.165, 1.54) is 0 Å². The normalized spacial score (nSPS) is 11.7. The number of nitrogens with two attached hydrogens (primary N) is 1. The number of nitrogens with one attached hydrogen (secondary N) is 1. The number of anilines is 1. The van der Waals surface area contributed by atoms with Crippen molar-refractivity contribution in [3.8, 4) is 5.88 Å². The molecule has 4 nitrogen and oxygen atoms in total. The first-order valence-electron chi connectivity index (χ1n) is 2.92. The SMILES string of the molecule is COc1n[nH]c(N)c1C(F)(F)F. The molecule has 68 valence electrons. The molecular weight excluding hydrogens is 175 g/mol. The van der Waals surface area contributed by atoms with Gasteiger partial charge in [-0.1, -0.05) is 0 Å². The highest BCUT2D eigenvalue weighted by Gasteiger charge is 2.39. The van der Waals surface area contributed by atoms with Gasteiger partial charge in [-0.3, -0.25) is 5.10 Å². The minimum Gasteiger partial charge on any atom is -0.479 e. The summed E-state index contributed by atoms with van der Waals surface area (Å²) in [6.45, 7) is 0. The van der Waals surface area contributed by atoms with Gasteiger partial charge in [-0.15, -0.1) is 5.10 Å². The van der Waals surface area contributed by atoms with Gasteiger partial charge in [0.25, 0.3) is 0 Å². The van der Waals surface area contributed by atoms with Gasteiger partial charge in [-0.25, -0.2) is 0 Å². The van der Waals surface area contributed by atoms with Crippen molar-refractivity contribution in [2.45, 2.75) is 6.18 Å². The van der Waals surface area contributed by atoms with Crippen LogP contribution in [0.25, 0.3) is 0 Å². The van der Waals surface area contributed by atoms with Crippen LogP contribution >= 0.6 is 0 Å². The Morgan fingerprint density at radius 1 is 1.50 bits per heavy atom. The smallest absolute Gasteiger partial charge is 0.425 e. The molecule has 0 aliphatic rings. The third kappa shape index (κ3) is 1.29. The number of hydrogen-bond acceptors (Lipinski definition) is 3. The van der Waals surface area contributed by atoms with Crippen LogP contribution in [0, 0.1) is 0 Å². The minimum absolute atomic E-state index is 0.542. The molecule has 0 amide bonds. The van der Waals surface area contributed by atoms with Crippen molar-refractivity contribution in [1.82, 2.24) is 10.2 Å². The van der Waals surface area contributed by atoms with E-state index in [2.05, 4.69) is 9.84 Å². The van der Waals surface area contributed by atoms with E-state index in [1.54, 1.807) is 0 Å². The van der Waals surface area contributed by atoms with E-state index in [4.69, 9.17) is 5.73 Å². The lowest BCUT2D eigenvalue weighted by atomic mass is 10.3. The highest BCUT2D eigenvalue weighted by molar-refractivity contribution is 5.47. The molecule has 0 saturated carbocycles. The van der Waals surface area contributed by atoms with E-state index < -0.39 is 23.4 Å². The van der Waals surface area contributed by atoms with Gasteiger partial charge in [0, 0.05) is 0 Å². The highest BCUT2D eigenvalue weighted by atomic mass is 19.4. The van der Waals surface area contributed by atoms with Crippen molar-refractivity contribution in [2.24, 2.45) is 0 Å². The molecule has 0 saturated heterocycles. The minimum atomic E-state index is -4.54. The summed E-state index contributed by atoms with van der Waals surface area (Å²) in [5.41, 5.74) is 3.92. The molecule has 0 unspecified atom stereocenters. The second-order valence-electron chi connectivity index (χ2n) is 2.02. The summed E-state index contributed by atoms with van der Waals surface area (Å²) in [5.74, 6) is -1.08. The van der Waals surface area contributed by atoms with Gasteiger partial charge in [-0.2, -0.15) is 13.2 Å². The number of H-pyrrole nitrogens is 1. The maximum atomic E-state index is 12.1. The van der Waals surface area contributed by atoms with E-state index in [9.17, 15) is 13.2 Å². The predicted octanol–water partition coefficient (Wildman–Crippen LogP) is 1.02. The lowest BCUT2D eigenvalue weighted by Crippen LogP contribution is -2.08. The van der Waals surface area contributed by atoms with Crippen molar-refractivity contribution < 1.29 is 17.9 Å². The molecule has 0 atom stereocenters. The number of ether oxygens (including phenoxy) is 1. The van der Waals surface area contributed by atoms with E-state index in [1.807, 2.05) is 5.10 Å². The van der Waals surface area contributed by atoms with E-state index in [0.29, 0.717) is 0 Å². The number of nitrogens with zero attached hydrogens (tertiary/aromatic N) is 1. The summed E-state index contributed by atoms with van der Waals surface area (Å²) < 4.78 is 40.7. The number of alkyl halides is 3. The molecule has 7 heteroatoms. The Bertz CT molecular complexity index is 280. The third-order valence-corrected chi connectivity index (χ3v) is 1.24. The van der Waals surface area contributed by atoms with Crippen molar-refractivity contribution in [1.29, 1.82) is 0 Å². The van der Waals surface area contributed by atoms with Crippen molar-refractivity contribution in [2.75, 3.05) is 12.8 Å². The summed E-state index contributed by atoms with van der Waals surface area (Å²) in [6.07, 6.45) is -4.54. The van der Waals surface area contributed by atoms with Crippen LogP contribution in [0.5, 0.6) is 5.88 Å². The fraction of sp³-hybridized carbons (Fsp3) is 0.400. The topological polar surface area (TPSA) is 63.9 Å². The fourth-order valence-electron chi connectivity index (χ4n) is 0.760. The van der Waals surface area contributed by atoms with Gasteiger partial charge < -0.3 is 10.5 Å². The highest BCUT2D eigenvalue weighted by Crippen LogP contribution is 2.38. The summed E-state index contributed by atoms with van der Waals surface area (Å²) in [6, 6.07) is 0. The van der Waals surface area contributed by atoms with Gasteiger partial charge in [-0.05, 0) is 0 Å². The Kier molecular flexibility index (Phi) is 1.87. The number of aromatic amines is 1. The monoisotopic (exact) mass is 181 g/mol. The largest absolute Gasteiger partial charge is 0.479 e. The van der Waals surface area contributed by atoms with E-state index in [0.717, 1.165) is 7.11 Å². The molecule has 0 aliphatic heterocycles. The lowest BCUT2D eigenvalue weighted by Gasteiger charge is -2.05. The molecule has 0 spiro atoms. The standard InChI is InChI=1S/C5H6F3N3O/c1-12-4-2(5(6,7)8)3(9)10-11-4/h1H3,(H3,9,10,11). The van der Waals surface area contributed by atoms with Gasteiger partial charge in [0.1, 0.15) is 5.82 Å². The summed E-state index contributed by atoms with van der Waals surface area (Å²) in [4.78, 5) is 0. The Morgan fingerprint density at radius 2 is 2.08 bits per heavy atom. The zero-order chi connectivity index (χ0) is 9.35. The molecule has 1 heterocycles. The van der Waals surface area contributed by atoms with Gasteiger partial charge >= 0.3 is 6.18 Å². The lowest BCUT2D eigenvalue weighted by molar-refractivity contribution is -0.138. The Morgan fingerprint density at radius 3 is 2.42 bits per heavy atom. The summed E-state index contributed by atoms with van der Waals surface area (Å²) in [7, 11) is 1.09. The first kappa shape index (κ1) is 8.69.